The first kappa shape index (κ1) is 13.1. The molecule has 0 aliphatic carbocycles. The van der Waals surface area contributed by atoms with Crippen LogP contribution in [0, 0.1) is 0 Å². The van der Waals surface area contributed by atoms with E-state index < -0.39 is 7.37 Å². The van der Waals surface area contributed by atoms with Gasteiger partial charge in [-0.2, -0.15) is 0 Å². The van der Waals surface area contributed by atoms with Crippen molar-refractivity contribution in [1.29, 1.82) is 0 Å². The standard InChI is InChI=1S/C8H21N4O2P/c13-15(14)7-11-5-3-9-1-2-10-4-6-12-8-15/h9-12H,1-8H2,(H,13,14). The molecular formula is C8H21N4O2P. The molecule has 0 amide bonds. The predicted molar refractivity (Wildman–Crippen MR) is 61.3 cm³/mol. The summed E-state index contributed by atoms with van der Waals surface area (Å²) in [5, 5.41) is 12.4. The molecule has 0 atom stereocenters. The number of rotatable bonds is 0. The average Bonchev–Trinajstić information content (AvgIpc) is 2.20. The van der Waals surface area contributed by atoms with Gasteiger partial charge in [0, 0.05) is 39.3 Å². The molecule has 1 rings (SSSR count). The number of hydrogen-bond donors (Lipinski definition) is 5. The fourth-order valence-electron chi connectivity index (χ4n) is 1.34. The van der Waals surface area contributed by atoms with Gasteiger partial charge in [-0.1, -0.05) is 0 Å². The fourth-order valence-corrected chi connectivity index (χ4v) is 2.47. The molecule has 1 heterocycles. The Morgan fingerprint density at radius 3 is 1.47 bits per heavy atom. The summed E-state index contributed by atoms with van der Waals surface area (Å²) in [6.07, 6.45) is 0.379. The molecule has 0 bridgehead atoms. The molecule has 0 radical (unpaired) electrons. The van der Waals surface area contributed by atoms with E-state index in [1.807, 2.05) is 0 Å². The van der Waals surface area contributed by atoms with Gasteiger partial charge < -0.3 is 26.2 Å². The van der Waals surface area contributed by atoms with Gasteiger partial charge >= 0.3 is 0 Å². The van der Waals surface area contributed by atoms with Crippen LogP contribution in [0.1, 0.15) is 0 Å². The summed E-state index contributed by atoms with van der Waals surface area (Å²) in [6, 6.07) is 0. The van der Waals surface area contributed by atoms with E-state index in [1.165, 1.54) is 0 Å². The molecule has 0 aromatic carbocycles. The summed E-state index contributed by atoms with van der Waals surface area (Å²) in [4.78, 5) is 9.52. The van der Waals surface area contributed by atoms with E-state index in [9.17, 15) is 9.46 Å². The summed E-state index contributed by atoms with van der Waals surface area (Å²) in [5.74, 6) is 0. The van der Waals surface area contributed by atoms with Crippen LogP contribution in [0.2, 0.25) is 0 Å². The van der Waals surface area contributed by atoms with Gasteiger partial charge in [0.05, 0.1) is 12.6 Å². The lowest BCUT2D eigenvalue weighted by Gasteiger charge is -2.12. The van der Waals surface area contributed by atoms with Crippen LogP contribution in [-0.2, 0) is 4.57 Å². The van der Waals surface area contributed by atoms with Gasteiger partial charge in [-0.15, -0.1) is 0 Å². The lowest BCUT2D eigenvalue weighted by Crippen LogP contribution is -2.34. The van der Waals surface area contributed by atoms with Gasteiger partial charge in [0.1, 0.15) is 0 Å². The normalized spacial score (nSPS) is 25.9. The van der Waals surface area contributed by atoms with Crippen LogP contribution in [0.15, 0.2) is 0 Å². The van der Waals surface area contributed by atoms with Crippen LogP contribution in [0.25, 0.3) is 0 Å². The Bertz CT molecular complexity index is 197. The quantitative estimate of drug-likeness (QED) is 0.331. The molecule has 5 N–H and O–H groups in total. The molecule has 7 heteroatoms. The summed E-state index contributed by atoms with van der Waals surface area (Å²) < 4.78 is 11.5. The molecule has 15 heavy (non-hydrogen) atoms. The molecule has 0 saturated carbocycles. The van der Waals surface area contributed by atoms with Crippen LogP contribution >= 0.6 is 7.37 Å². The SMILES string of the molecule is O=P1(O)CNCCNCCNCCNC1. The van der Waals surface area contributed by atoms with Gasteiger partial charge in [-0.05, 0) is 0 Å². The second-order valence-corrected chi connectivity index (χ2v) is 5.99. The Morgan fingerprint density at radius 2 is 1.07 bits per heavy atom. The highest BCUT2D eigenvalue weighted by Crippen LogP contribution is 2.36. The third-order valence-corrected chi connectivity index (χ3v) is 3.59. The van der Waals surface area contributed by atoms with Crippen molar-refractivity contribution in [3.63, 3.8) is 0 Å². The lowest BCUT2D eigenvalue weighted by atomic mass is 10.5. The lowest BCUT2D eigenvalue weighted by molar-refractivity contribution is 0.465. The minimum Gasteiger partial charge on any atom is -0.343 e. The van der Waals surface area contributed by atoms with E-state index in [1.54, 1.807) is 0 Å². The Hall–Kier alpha value is 0.0300. The van der Waals surface area contributed by atoms with Gasteiger partial charge in [0.25, 0.3) is 0 Å². The fraction of sp³-hybridized carbons (Fsp3) is 1.00. The zero-order valence-electron chi connectivity index (χ0n) is 8.96. The van der Waals surface area contributed by atoms with Crippen molar-refractivity contribution in [1.82, 2.24) is 21.3 Å². The topological polar surface area (TPSA) is 85.4 Å². The monoisotopic (exact) mass is 236 g/mol. The Kier molecular flexibility index (Phi) is 6.40. The maximum absolute atomic E-state index is 11.5. The number of nitrogens with one attached hydrogen (secondary N) is 4. The molecule has 6 nitrogen and oxygen atoms in total. The van der Waals surface area contributed by atoms with E-state index in [4.69, 9.17) is 0 Å². The zero-order valence-corrected chi connectivity index (χ0v) is 9.85. The molecule has 0 unspecified atom stereocenters. The van der Waals surface area contributed by atoms with E-state index in [2.05, 4.69) is 21.3 Å². The molecular weight excluding hydrogens is 215 g/mol. The minimum absolute atomic E-state index is 0.190. The van der Waals surface area contributed by atoms with E-state index in [-0.39, 0.29) is 12.6 Å². The van der Waals surface area contributed by atoms with Crippen molar-refractivity contribution < 1.29 is 9.46 Å². The van der Waals surface area contributed by atoms with E-state index in [0.29, 0.717) is 0 Å². The minimum atomic E-state index is -3.03. The first-order chi connectivity index (χ1) is 7.21. The van der Waals surface area contributed by atoms with E-state index >= 15 is 0 Å². The van der Waals surface area contributed by atoms with Gasteiger partial charge in [-0.25, -0.2) is 0 Å². The van der Waals surface area contributed by atoms with E-state index in [0.717, 1.165) is 39.3 Å². The summed E-state index contributed by atoms with van der Waals surface area (Å²) in [6.45, 7) is 4.97. The van der Waals surface area contributed by atoms with Crippen LogP contribution < -0.4 is 21.3 Å². The predicted octanol–water partition coefficient (Wildman–Crippen LogP) is -1.46. The summed E-state index contributed by atoms with van der Waals surface area (Å²) in [5.41, 5.74) is 0. The highest BCUT2D eigenvalue weighted by molar-refractivity contribution is 7.57. The average molecular weight is 236 g/mol. The highest BCUT2D eigenvalue weighted by Gasteiger charge is 2.16. The third kappa shape index (κ3) is 7.00. The van der Waals surface area contributed by atoms with Crippen LogP contribution in [0.5, 0.6) is 0 Å². The largest absolute Gasteiger partial charge is 0.343 e. The first-order valence-electron chi connectivity index (χ1n) is 5.34. The van der Waals surface area contributed by atoms with Crippen molar-refractivity contribution in [2.45, 2.75) is 0 Å². The Morgan fingerprint density at radius 1 is 0.733 bits per heavy atom. The Labute approximate surface area is 90.7 Å². The Balaban J connectivity index is 2.27. The van der Waals surface area contributed by atoms with Crippen LogP contribution in [-0.4, -0.2) is 56.7 Å². The van der Waals surface area contributed by atoms with Crippen molar-refractivity contribution in [2.75, 3.05) is 51.8 Å². The smallest absolute Gasteiger partial charge is 0.227 e. The molecule has 1 aliphatic rings. The molecule has 0 spiro atoms. The van der Waals surface area contributed by atoms with Crippen LogP contribution in [0.4, 0.5) is 0 Å². The first-order valence-corrected chi connectivity index (χ1v) is 7.37. The third-order valence-electron chi connectivity index (χ3n) is 2.15. The zero-order chi connectivity index (χ0) is 11.0. The molecule has 0 aromatic heterocycles. The second kappa shape index (κ2) is 7.33. The maximum Gasteiger partial charge on any atom is 0.227 e. The summed E-state index contributed by atoms with van der Waals surface area (Å²) in [7, 11) is -3.03. The van der Waals surface area contributed by atoms with Crippen molar-refractivity contribution >= 4 is 7.37 Å². The molecule has 1 fully saturated rings. The molecule has 1 saturated heterocycles. The van der Waals surface area contributed by atoms with Crippen molar-refractivity contribution in [3.05, 3.63) is 0 Å². The number of hydrogen-bond acceptors (Lipinski definition) is 5. The highest BCUT2D eigenvalue weighted by atomic mass is 31.2. The summed E-state index contributed by atoms with van der Waals surface area (Å²) >= 11 is 0. The second-order valence-electron chi connectivity index (χ2n) is 3.66. The van der Waals surface area contributed by atoms with Gasteiger partial charge in [0.15, 0.2) is 0 Å². The van der Waals surface area contributed by atoms with Crippen molar-refractivity contribution in [3.8, 4) is 0 Å². The van der Waals surface area contributed by atoms with Crippen LogP contribution in [0.3, 0.4) is 0 Å². The van der Waals surface area contributed by atoms with Gasteiger partial charge in [0.2, 0.25) is 7.37 Å². The molecule has 0 aromatic rings. The molecule has 1 aliphatic heterocycles. The maximum atomic E-state index is 11.5. The van der Waals surface area contributed by atoms with Gasteiger partial charge in [-0.3, -0.25) is 4.57 Å². The van der Waals surface area contributed by atoms with Crippen molar-refractivity contribution in [2.24, 2.45) is 0 Å². The molecule has 90 valence electrons.